The minimum atomic E-state index is 0.837. The zero-order valence-electron chi connectivity index (χ0n) is 12.1. The Balaban J connectivity index is 2.19. The van der Waals surface area contributed by atoms with Crippen molar-refractivity contribution in [2.45, 2.75) is 58.9 Å². The van der Waals surface area contributed by atoms with Crippen LogP contribution in [-0.4, -0.2) is 27.0 Å². The summed E-state index contributed by atoms with van der Waals surface area (Å²) in [7, 11) is 0. The van der Waals surface area contributed by atoms with Crippen molar-refractivity contribution in [2.24, 2.45) is 5.92 Å². The van der Waals surface area contributed by atoms with E-state index in [0.717, 1.165) is 18.9 Å². The van der Waals surface area contributed by atoms with Gasteiger partial charge in [0.05, 0.1) is 11.9 Å². The van der Waals surface area contributed by atoms with E-state index in [2.05, 4.69) is 35.1 Å². The Morgan fingerprint density at radius 3 is 2.78 bits per heavy atom. The molecule has 0 aliphatic rings. The van der Waals surface area contributed by atoms with Crippen LogP contribution in [0.1, 0.15) is 51.6 Å². The Bertz CT molecular complexity index is 310. The van der Waals surface area contributed by atoms with Crippen LogP contribution in [0.4, 0.5) is 0 Å². The van der Waals surface area contributed by atoms with E-state index in [9.17, 15) is 0 Å². The number of hydrogen-bond acceptors (Lipinski definition) is 3. The van der Waals surface area contributed by atoms with Crippen LogP contribution in [0, 0.1) is 5.92 Å². The number of thioether (sulfide) groups is 1. The first-order valence-electron chi connectivity index (χ1n) is 7.10. The highest BCUT2D eigenvalue weighted by Crippen LogP contribution is 2.11. The second kappa shape index (κ2) is 9.42. The highest BCUT2D eigenvalue weighted by Gasteiger charge is 2.03. The van der Waals surface area contributed by atoms with Gasteiger partial charge in [0, 0.05) is 6.54 Å². The summed E-state index contributed by atoms with van der Waals surface area (Å²) in [5.74, 6) is 2.04. The van der Waals surface area contributed by atoms with E-state index in [4.69, 9.17) is 0 Å². The summed E-state index contributed by atoms with van der Waals surface area (Å²) >= 11 is 1.89. The molecule has 0 aliphatic heterocycles. The van der Waals surface area contributed by atoms with Gasteiger partial charge >= 0.3 is 0 Å². The van der Waals surface area contributed by atoms with Gasteiger partial charge in [0.2, 0.25) is 0 Å². The standard InChI is InChI=1S/C14H27N3S/c1-13(2)8-5-4-6-9-14-12-15-16-17(14)10-7-11-18-3/h12-13H,4-11H2,1-3H3. The van der Waals surface area contributed by atoms with Crippen LogP contribution in [0.25, 0.3) is 0 Å². The normalized spacial score (nSPS) is 11.3. The Kier molecular flexibility index (Phi) is 8.14. The van der Waals surface area contributed by atoms with Gasteiger partial charge in [0.1, 0.15) is 0 Å². The fourth-order valence-electron chi connectivity index (χ4n) is 2.05. The lowest BCUT2D eigenvalue weighted by Gasteiger charge is -2.06. The number of hydrogen-bond donors (Lipinski definition) is 0. The fraction of sp³-hybridized carbons (Fsp3) is 0.857. The molecular formula is C14H27N3S. The van der Waals surface area contributed by atoms with E-state index in [1.165, 1.54) is 43.6 Å². The van der Waals surface area contributed by atoms with E-state index in [0.29, 0.717) is 0 Å². The molecule has 0 amide bonds. The molecule has 0 unspecified atom stereocenters. The largest absolute Gasteiger partial charge is 0.249 e. The van der Waals surface area contributed by atoms with Gasteiger partial charge < -0.3 is 0 Å². The first-order valence-corrected chi connectivity index (χ1v) is 8.49. The summed E-state index contributed by atoms with van der Waals surface area (Å²) in [4.78, 5) is 0. The molecule has 0 radical (unpaired) electrons. The Morgan fingerprint density at radius 2 is 2.06 bits per heavy atom. The molecule has 0 saturated heterocycles. The van der Waals surface area contributed by atoms with Crippen molar-refractivity contribution >= 4 is 11.8 Å². The third-order valence-electron chi connectivity index (χ3n) is 3.13. The summed E-state index contributed by atoms with van der Waals surface area (Å²) < 4.78 is 2.08. The highest BCUT2D eigenvalue weighted by atomic mass is 32.2. The number of unbranched alkanes of at least 4 members (excludes halogenated alkanes) is 2. The lowest BCUT2D eigenvalue weighted by atomic mass is 10.0. The van der Waals surface area contributed by atoms with Gasteiger partial charge in [0.15, 0.2) is 0 Å². The summed E-state index contributed by atoms with van der Waals surface area (Å²) in [6.45, 7) is 5.61. The predicted octanol–water partition coefficient (Wildman–Crippen LogP) is 3.79. The first-order chi connectivity index (χ1) is 8.74. The van der Waals surface area contributed by atoms with Crippen molar-refractivity contribution in [2.75, 3.05) is 12.0 Å². The minimum absolute atomic E-state index is 0.837. The molecule has 0 fully saturated rings. The molecule has 18 heavy (non-hydrogen) atoms. The van der Waals surface area contributed by atoms with Crippen molar-refractivity contribution < 1.29 is 0 Å². The van der Waals surface area contributed by atoms with Gasteiger partial charge in [0.25, 0.3) is 0 Å². The van der Waals surface area contributed by atoms with Crippen LogP contribution in [0.2, 0.25) is 0 Å². The van der Waals surface area contributed by atoms with Gasteiger partial charge in [-0.25, -0.2) is 4.68 Å². The number of rotatable bonds is 10. The van der Waals surface area contributed by atoms with E-state index in [-0.39, 0.29) is 0 Å². The molecule has 0 bridgehead atoms. The second-order valence-electron chi connectivity index (χ2n) is 5.29. The number of aromatic nitrogens is 3. The third-order valence-corrected chi connectivity index (χ3v) is 3.83. The van der Waals surface area contributed by atoms with Crippen LogP contribution < -0.4 is 0 Å². The molecule has 0 atom stereocenters. The van der Waals surface area contributed by atoms with E-state index >= 15 is 0 Å². The van der Waals surface area contributed by atoms with Crippen LogP contribution in [0.5, 0.6) is 0 Å². The number of nitrogens with zero attached hydrogens (tertiary/aromatic N) is 3. The van der Waals surface area contributed by atoms with Crippen LogP contribution in [0.15, 0.2) is 6.20 Å². The van der Waals surface area contributed by atoms with Crippen molar-refractivity contribution in [3.63, 3.8) is 0 Å². The van der Waals surface area contributed by atoms with Crippen molar-refractivity contribution in [1.82, 2.24) is 15.0 Å². The van der Waals surface area contributed by atoms with Crippen molar-refractivity contribution in [3.05, 3.63) is 11.9 Å². The lowest BCUT2D eigenvalue weighted by Crippen LogP contribution is -2.06. The molecule has 104 valence electrons. The topological polar surface area (TPSA) is 30.7 Å². The first kappa shape index (κ1) is 15.5. The summed E-state index contributed by atoms with van der Waals surface area (Å²) in [5, 5.41) is 8.21. The third kappa shape index (κ3) is 6.43. The van der Waals surface area contributed by atoms with E-state index in [1.807, 2.05) is 18.0 Å². The van der Waals surface area contributed by atoms with Gasteiger partial charge in [-0.3, -0.25) is 0 Å². The van der Waals surface area contributed by atoms with Gasteiger partial charge in [-0.05, 0) is 37.2 Å². The van der Waals surface area contributed by atoms with E-state index < -0.39 is 0 Å². The molecular weight excluding hydrogens is 242 g/mol. The number of aryl methyl sites for hydroxylation is 2. The summed E-state index contributed by atoms with van der Waals surface area (Å²) in [6.07, 6.45) is 11.7. The fourth-order valence-corrected chi connectivity index (χ4v) is 2.47. The quantitative estimate of drug-likeness (QED) is 0.605. The monoisotopic (exact) mass is 269 g/mol. The SMILES string of the molecule is CSCCCn1nncc1CCCCCC(C)C. The Hall–Kier alpha value is -0.510. The Morgan fingerprint density at radius 1 is 1.22 bits per heavy atom. The van der Waals surface area contributed by atoms with E-state index in [1.54, 1.807) is 0 Å². The van der Waals surface area contributed by atoms with Crippen LogP contribution in [-0.2, 0) is 13.0 Å². The van der Waals surface area contributed by atoms with Crippen molar-refractivity contribution in [3.8, 4) is 0 Å². The molecule has 0 spiro atoms. The average molecular weight is 269 g/mol. The lowest BCUT2D eigenvalue weighted by molar-refractivity contribution is 0.514. The van der Waals surface area contributed by atoms with Gasteiger partial charge in [-0.15, -0.1) is 5.10 Å². The zero-order valence-corrected chi connectivity index (χ0v) is 12.9. The van der Waals surface area contributed by atoms with Gasteiger partial charge in [-0.1, -0.05) is 38.3 Å². The average Bonchev–Trinajstić information content (AvgIpc) is 2.76. The molecule has 1 aromatic heterocycles. The van der Waals surface area contributed by atoms with Crippen LogP contribution >= 0.6 is 11.8 Å². The molecule has 1 aromatic rings. The second-order valence-corrected chi connectivity index (χ2v) is 6.27. The van der Waals surface area contributed by atoms with Gasteiger partial charge in [-0.2, -0.15) is 11.8 Å². The molecule has 4 heteroatoms. The van der Waals surface area contributed by atoms with Crippen LogP contribution in [0.3, 0.4) is 0 Å². The Labute approximate surface area is 116 Å². The smallest absolute Gasteiger partial charge is 0.0725 e. The maximum absolute atomic E-state index is 4.17. The maximum Gasteiger partial charge on any atom is 0.0725 e. The predicted molar refractivity (Wildman–Crippen MR) is 80.0 cm³/mol. The molecule has 0 N–H and O–H groups in total. The summed E-state index contributed by atoms with van der Waals surface area (Å²) in [6, 6.07) is 0. The highest BCUT2D eigenvalue weighted by molar-refractivity contribution is 7.98. The molecule has 1 rings (SSSR count). The molecule has 0 aromatic carbocycles. The molecule has 0 saturated carbocycles. The van der Waals surface area contributed by atoms with Crippen molar-refractivity contribution in [1.29, 1.82) is 0 Å². The molecule has 0 aliphatic carbocycles. The molecule has 3 nitrogen and oxygen atoms in total. The summed E-state index contributed by atoms with van der Waals surface area (Å²) in [5.41, 5.74) is 1.31. The maximum atomic E-state index is 4.17. The minimum Gasteiger partial charge on any atom is -0.249 e. The molecule has 1 heterocycles. The zero-order chi connectivity index (χ0) is 13.2.